The van der Waals surface area contributed by atoms with Crippen molar-refractivity contribution in [2.24, 2.45) is 0 Å². The molecule has 5 nitrogen and oxygen atoms in total. The Morgan fingerprint density at radius 2 is 0.850 bits per heavy atom. The van der Waals surface area contributed by atoms with E-state index >= 15 is 0 Å². The number of hydrogen-bond acceptors (Lipinski definition) is 5. The number of rotatable bonds is 13. The van der Waals surface area contributed by atoms with Crippen molar-refractivity contribution < 1.29 is 23.7 Å². The van der Waals surface area contributed by atoms with Crippen LogP contribution in [0.1, 0.15) is 22.3 Å². The molecule has 0 N–H and O–H groups in total. The molecule has 0 aromatic heterocycles. The quantitative estimate of drug-likeness (QED) is 0.153. The number of ether oxygens (including phenoxy) is 5. The average Bonchev–Trinajstić information content (AvgIpc) is 3.01. The predicted molar refractivity (Wildman–Crippen MR) is 159 cm³/mol. The van der Waals surface area contributed by atoms with Gasteiger partial charge in [0.2, 0.25) is 0 Å². The lowest BCUT2D eigenvalue weighted by Gasteiger charge is -2.44. The van der Waals surface area contributed by atoms with Crippen LogP contribution in [0.2, 0.25) is 0 Å². The van der Waals surface area contributed by atoms with Gasteiger partial charge >= 0.3 is 0 Å². The normalized spacial score (nSPS) is 22.7. The largest absolute Gasteiger partial charge is 0.374 e. The summed E-state index contributed by atoms with van der Waals surface area (Å²) < 4.78 is 32.3. The average molecular weight is 604 g/mol. The smallest absolute Gasteiger partial charge is 0.141 e. The predicted octanol–water partition coefficient (Wildman–Crippen LogP) is 7.08. The topological polar surface area (TPSA) is 46.2 Å². The third kappa shape index (κ3) is 8.33. The van der Waals surface area contributed by atoms with Crippen LogP contribution in [0.5, 0.6) is 0 Å². The minimum Gasteiger partial charge on any atom is -0.374 e. The first-order valence-electron chi connectivity index (χ1n) is 13.6. The van der Waals surface area contributed by atoms with Crippen LogP contribution in [0.25, 0.3) is 0 Å². The molecule has 0 bridgehead atoms. The van der Waals surface area contributed by atoms with E-state index in [2.05, 4.69) is 64.5 Å². The van der Waals surface area contributed by atoms with Gasteiger partial charge in [0.15, 0.2) is 0 Å². The fraction of sp³-hybridized carbons (Fsp3) is 0.294. The van der Waals surface area contributed by atoms with Crippen LogP contribution in [0.15, 0.2) is 121 Å². The lowest BCUT2D eigenvalue weighted by molar-refractivity contribution is -0.253. The van der Waals surface area contributed by atoms with Gasteiger partial charge in [-0.1, -0.05) is 137 Å². The molecule has 1 aliphatic rings. The van der Waals surface area contributed by atoms with Gasteiger partial charge in [-0.3, -0.25) is 0 Å². The summed E-state index contributed by atoms with van der Waals surface area (Å²) in [5, 5.41) is -0.404. The van der Waals surface area contributed by atoms with E-state index in [1.807, 2.05) is 72.8 Å². The van der Waals surface area contributed by atoms with Crippen LogP contribution in [0, 0.1) is 0 Å². The van der Waals surface area contributed by atoms with Crippen molar-refractivity contribution in [3.8, 4) is 0 Å². The van der Waals surface area contributed by atoms with Gasteiger partial charge in [-0.05, 0) is 22.3 Å². The monoisotopic (exact) mass is 602 g/mol. The summed E-state index contributed by atoms with van der Waals surface area (Å²) in [6.45, 7) is 2.13. The molecule has 208 valence electrons. The summed E-state index contributed by atoms with van der Waals surface area (Å²) in [7, 11) is 0. The lowest BCUT2D eigenvalue weighted by Crippen LogP contribution is -2.59. The first kappa shape index (κ1) is 28.7. The molecule has 0 radical (unpaired) electrons. The van der Waals surface area contributed by atoms with E-state index in [-0.39, 0.29) is 6.10 Å². The molecule has 0 amide bonds. The van der Waals surface area contributed by atoms with E-state index in [1.165, 1.54) is 0 Å². The van der Waals surface area contributed by atoms with E-state index in [0.717, 1.165) is 22.3 Å². The Balaban J connectivity index is 1.36. The standard InChI is InChI=1S/C34H35BrO5/c35-34-33(39-24-29-19-11-4-12-20-29)32(38-23-28-17-9-3-10-18-28)31(37-22-27-15-7-2-8-16-27)30(40-34)25-36-21-26-13-5-1-6-14-26/h1-20,30-34H,21-25H2. The molecule has 40 heavy (non-hydrogen) atoms. The molecule has 5 rings (SSSR count). The molecule has 0 aliphatic carbocycles. The fourth-order valence-corrected chi connectivity index (χ4v) is 5.46. The number of hydrogen-bond donors (Lipinski definition) is 0. The zero-order chi connectivity index (χ0) is 27.4. The van der Waals surface area contributed by atoms with E-state index in [4.69, 9.17) is 23.7 Å². The van der Waals surface area contributed by atoms with Crippen LogP contribution >= 0.6 is 15.9 Å². The third-order valence-corrected chi connectivity index (χ3v) is 7.56. The van der Waals surface area contributed by atoms with Crippen LogP contribution < -0.4 is 0 Å². The van der Waals surface area contributed by atoms with Crippen LogP contribution in [-0.4, -0.2) is 36.0 Å². The molecular weight excluding hydrogens is 568 g/mol. The van der Waals surface area contributed by atoms with Gasteiger partial charge < -0.3 is 23.7 Å². The molecule has 0 saturated carbocycles. The number of benzene rings is 4. The van der Waals surface area contributed by atoms with Gasteiger partial charge in [-0.25, -0.2) is 0 Å². The van der Waals surface area contributed by atoms with E-state index in [1.54, 1.807) is 0 Å². The molecule has 1 heterocycles. The highest BCUT2D eigenvalue weighted by atomic mass is 79.9. The maximum Gasteiger partial charge on any atom is 0.141 e. The highest BCUT2D eigenvalue weighted by Gasteiger charge is 2.47. The summed E-state index contributed by atoms with van der Waals surface area (Å²) in [6.07, 6.45) is -1.60. The van der Waals surface area contributed by atoms with E-state index in [9.17, 15) is 0 Å². The van der Waals surface area contributed by atoms with Gasteiger partial charge in [0, 0.05) is 0 Å². The first-order chi connectivity index (χ1) is 19.8. The number of halogens is 1. The highest BCUT2D eigenvalue weighted by Crippen LogP contribution is 2.33. The maximum absolute atomic E-state index is 6.62. The Labute approximate surface area is 245 Å². The Bertz CT molecular complexity index is 1240. The van der Waals surface area contributed by atoms with Gasteiger partial charge in [0.1, 0.15) is 29.4 Å². The summed E-state index contributed by atoms with van der Waals surface area (Å²) in [5.74, 6) is 0. The molecule has 1 fully saturated rings. The van der Waals surface area contributed by atoms with E-state index in [0.29, 0.717) is 33.0 Å². The van der Waals surface area contributed by atoms with Crippen molar-refractivity contribution in [3.05, 3.63) is 144 Å². The Hall–Kier alpha value is -2.84. The Morgan fingerprint density at radius 3 is 1.30 bits per heavy atom. The molecule has 5 unspecified atom stereocenters. The van der Waals surface area contributed by atoms with Crippen LogP contribution in [-0.2, 0) is 50.1 Å². The third-order valence-electron chi connectivity index (χ3n) is 6.83. The van der Waals surface area contributed by atoms with Crippen molar-refractivity contribution in [1.29, 1.82) is 0 Å². The second kappa shape index (κ2) is 15.2. The van der Waals surface area contributed by atoms with Gasteiger partial charge in [0.25, 0.3) is 0 Å². The molecule has 4 aromatic carbocycles. The second-order valence-corrected chi connectivity index (χ2v) is 10.7. The lowest BCUT2D eigenvalue weighted by atomic mass is 9.99. The molecule has 4 aromatic rings. The summed E-state index contributed by atoms with van der Waals surface area (Å²) >= 11 is 3.76. The molecule has 5 atom stereocenters. The van der Waals surface area contributed by atoms with Gasteiger partial charge in [0.05, 0.1) is 33.0 Å². The van der Waals surface area contributed by atoms with Crippen molar-refractivity contribution in [2.75, 3.05) is 6.61 Å². The highest BCUT2D eigenvalue weighted by molar-refractivity contribution is 9.09. The number of alkyl halides is 1. The fourth-order valence-electron chi connectivity index (χ4n) is 4.73. The molecule has 1 saturated heterocycles. The minimum absolute atomic E-state index is 0.354. The molecule has 6 heteroatoms. The second-order valence-electron chi connectivity index (χ2n) is 9.81. The Kier molecular flexibility index (Phi) is 10.9. The molecular formula is C34H35BrO5. The van der Waals surface area contributed by atoms with E-state index < -0.39 is 23.3 Å². The first-order valence-corrected chi connectivity index (χ1v) is 14.6. The van der Waals surface area contributed by atoms with Crippen LogP contribution in [0.4, 0.5) is 0 Å². The van der Waals surface area contributed by atoms with Crippen molar-refractivity contribution in [2.45, 2.75) is 55.9 Å². The van der Waals surface area contributed by atoms with Gasteiger partial charge in [-0.15, -0.1) is 0 Å². The van der Waals surface area contributed by atoms with Crippen molar-refractivity contribution in [3.63, 3.8) is 0 Å². The van der Waals surface area contributed by atoms with Gasteiger partial charge in [-0.2, -0.15) is 0 Å². The van der Waals surface area contributed by atoms with Crippen molar-refractivity contribution >= 4 is 15.9 Å². The zero-order valence-corrected chi connectivity index (χ0v) is 24.0. The Morgan fingerprint density at radius 1 is 0.475 bits per heavy atom. The summed E-state index contributed by atoms with van der Waals surface area (Å²) in [6, 6.07) is 40.6. The molecule has 1 aliphatic heterocycles. The van der Waals surface area contributed by atoms with Crippen molar-refractivity contribution in [1.82, 2.24) is 0 Å². The summed E-state index contributed by atoms with van der Waals surface area (Å²) in [5.41, 5.74) is 4.35. The minimum atomic E-state index is -0.422. The SMILES string of the molecule is BrC1OC(COCc2ccccc2)C(OCc2ccccc2)C(OCc2ccccc2)C1OCc1ccccc1. The maximum atomic E-state index is 6.62. The zero-order valence-electron chi connectivity index (χ0n) is 22.4. The molecule has 0 spiro atoms. The van der Waals surface area contributed by atoms with Crippen LogP contribution in [0.3, 0.4) is 0 Å². The summed E-state index contributed by atoms with van der Waals surface area (Å²) in [4.78, 5) is 0.